The van der Waals surface area contributed by atoms with Gasteiger partial charge in [-0.25, -0.2) is 0 Å². The van der Waals surface area contributed by atoms with E-state index in [1.54, 1.807) is 11.8 Å². The van der Waals surface area contributed by atoms with E-state index in [0.717, 1.165) is 11.1 Å². The van der Waals surface area contributed by atoms with Crippen LogP contribution in [-0.2, 0) is 36.7 Å². The van der Waals surface area contributed by atoms with Gasteiger partial charge in [0.15, 0.2) is 0 Å². The summed E-state index contributed by atoms with van der Waals surface area (Å²) in [6, 6.07) is 19.6. The number of morpholine rings is 1. The molecule has 2 aromatic carbocycles. The largest absolute Gasteiger partial charge is 0.466 e. The van der Waals surface area contributed by atoms with E-state index in [1.165, 1.54) is 0 Å². The van der Waals surface area contributed by atoms with Crippen LogP contribution in [0.4, 0.5) is 0 Å². The molecule has 1 N–H and O–H groups in total. The second-order valence-corrected chi connectivity index (χ2v) is 8.80. The van der Waals surface area contributed by atoms with E-state index < -0.39 is 11.8 Å². The van der Waals surface area contributed by atoms with Crippen molar-refractivity contribution < 1.29 is 23.9 Å². The van der Waals surface area contributed by atoms with Gasteiger partial charge < -0.3 is 19.7 Å². The van der Waals surface area contributed by atoms with Gasteiger partial charge in [0.2, 0.25) is 11.8 Å². The fourth-order valence-electron chi connectivity index (χ4n) is 4.35. The lowest BCUT2D eigenvalue weighted by molar-refractivity contribution is -0.148. The molecule has 7 nitrogen and oxygen atoms in total. The van der Waals surface area contributed by atoms with E-state index in [1.807, 2.05) is 60.7 Å². The van der Waals surface area contributed by atoms with Crippen LogP contribution in [0.3, 0.4) is 0 Å². The lowest BCUT2D eigenvalue weighted by Gasteiger charge is -2.27. The summed E-state index contributed by atoms with van der Waals surface area (Å²) in [6.45, 7) is 4.62. The minimum absolute atomic E-state index is 0.0155. The third kappa shape index (κ3) is 8.83. The van der Waals surface area contributed by atoms with Crippen LogP contribution in [0.5, 0.6) is 0 Å². The van der Waals surface area contributed by atoms with Crippen molar-refractivity contribution in [3.63, 3.8) is 0 Å². The predicted molar refractivity (Wildman–Crippen MR) is 134 cm³/mol. The number of ether oxygens (including phenoxy) is 2. The Kier molecular flexibility index (Phi) is 10.8. The molecule has 188 valence electrons. The molecule has 1 aliphatic rings. The Hall–Kier alpha value is -3.19. The fraction of sp³-hybridized carbons (Fsp3) is 0.464. The van der Waals surface area contributed by atoms with Gasteiger partial charge in [0, 0.05) is 32.0 Å². The first-order valence-electron chi connectivity index (χ1n) is 12.4. The summed E-state index contributed by atoms with van der Waals surface area (Å²) in [4.78, 5) is 40.3. The molecule has 2 amide bonds. The average molecular weight is 481 g/mol. The third-order valence-electron chi connectivity index (χ3n) is 6.21. The third-order valence-corrected chi connectivity index (χ3v) is 6.21. The second-order valence-electron chi connectivity index (χ2n) is 8.80. The zero-order valence-corrected chi connectivity index (χ0v) is 20.5. The number of esters is 1. The zero-order valence-electron chi connectivity index (χ0n) is 20.5. The van der Waals surface area contributed by atoms with Crippen molar-refractivity contribution in [2.45, 2.75) is 32.6 Å². The first kappa shape index (κ1) is 26.4. The number of hydrogen-bond donors (Lipinski definition) is 1. The van der Waals surface area contributed by atoms with Crippen LogP contribution in [-0.4, -0.2) is 62.1 Å². The number of benzene rings is 2. The zero-order chi connectivity index (χ0) is 24.9. The normalized spacial score (nSPS) is 15.2. The van der Waals surface area contributed by atoms with Gasteiger partial charge in [-0.3, -0.25) is 14.4 Å². The lowest BCUT2D eigenvalue weighted by atomic mass is 9.85. The van der Waals surface area contributed by atoms with Crippen LogP contribution in [0.2, 0.25) is 0 Å². The molecule has 1 saturated heterocycles. The number of nitrogens with zero attached hydrogens (tertiary/aromatic N) is 1. The molecular formula is C28H36N2O5. The van der Waals surface area contributed by atoms with Crippen LogP contribution in [0.25, 0.3) is 0 Å². The first-order valence-corrected chi connectivity index (χ1v) is 12.4. The number of nitrogens with one attached hydrogen (secondary N) is 1. The summed E-state index contributed by atoms with van der Waals surface area (Å²) in [6.07, 6.45) is 1.63. The highest BCUT2D eigenvalue weighted by Crippen LogP contribution is 2.23. The van der Waals surface area contributed by atoms with Gasteiger partial charge in [-0.05, 0) is 37.3 Å². The molecule has 0 radical (unpaired) electrons. The summed E-state index contributed by atoms with van der Waals surface area (Å²) in [5.74, 6) is -1.28. The Morgan fingerprint density at radius 1 is 0.914 bits per heavy atom. The molecule has 0 saturated carbocycles. The molecule has 0 aliphatic carbocycles. The van der Waals surface area contributed by atoms with E-state index in [9.17, 15) is 14.4 Å². The van der Waals surface area contributed by atoms with Gasteiger partial charge in [0.1, 0.15) is 0 Å². The van der Waals surface area contributed by atoms with Crippen molar-refractivity contribution in [3.05, 3.63) is 71.8 Å². The Bertz CT molecular complexity index is 929. The van der Waals surface area contributed by atoms with Crippen molar-refractivity contribution in [1.29, 1.82) is 0 Å². The van der Waals surface area contributed by atoms with Crippen molar-refractivity contribution >= 4 is 17.8 Å². The van der Waals surface area contributed by atoms with E-state index >= 15 is 0 Å². The topological polar surface area (TPSA) is 84.9 Å². The van der Waals surface area contributed by atoms with Crippen LogP contribution >= 0.6 is 0 Å². The van der Waals surface area contributed by atoms with Gasteiger partial charge in [-0.1, -0.05) is 60.7 Å². The maximum atomic E-state index is 13.3. The van der Waals surface area contributed by atoms with Crippen LogP contribution in [0.15, 0.2) is 60.7 Å². The Labute approximate surface area is 207 Å². The highest BCUT2D eigenvalue weighted by atomic mass is 16.5. The Morgan fingerprint density at radius 2 is 1.49 bits per heavy atom. The number of rotatable bonds is 12. The van der Waals surface area contributed by atoms with Crippen LogP contribution in [0.1, 0.15) is 30.9 Å². The summed E-state index contributed by atoms with van der Waals surface area (Å²) >= 11 is 0. The molecular weight excluding hydrogens is 444 g/mol. The van der Waals surface area contributed by atoms with Crippen LogP contribution in [0, 0.1) is 11.8 Å². The molecule has 1 aliphatic heterocycles. The minimum atomic E-state index is -0.438. The van der Waals surface area contributed by atoms with Gasteiger partial charge in [-0.2, -0.15) is 0 Å². The molecule has 1 unspecified atom stereocenters. The molecule has 3 rings (SSSR count). The average Bonchev–Trinajstić information content (AvgIpc) is 2.89. The number of hydrogen-bond acceptors (Lipinski definition) is 5. The van der Waals surface area contributed by atoms with E-state index in [2.05, 4.69) is 5.32 Å². The van der Waals surface area contributed by atoms with Gasteiger partial charge in [0.05, 0.1) is 25.7 Å². The van der Waals surface area contributed by atoms with Crippen molar-refractivity contribution in [1.82, 2.24) is 10.2 Å². The minimum Gasteiger partial charge on any atom is -0.466 e. The smallest absolute Gasteiger partial charge is 0.309 e. The summed E-state index contributed by atoms with van der Waals surface area (Å²) in [5, 5.41) is 2.94. The predicted octanol–water partition coefficient (Wildman–Crippen LogP) is 3.02. The number of carbonyl (C=O) groups is 3. The van der Waals surface area contributed by atoms with Crippen molar-refractivity contribution in [2.75, 3.05) is 39.5 Å². The van der Waals surface area contributed by atoms with Gasteiger partial charge in [0.25, 0.3) is 0 Å². The SMILES string of the molecule is CCOC(=O)[C@@H](Cc1ccccc1)CC(Cc1ccccc1)C(=O)NCCC(=O)N1CCOCC1. The Balaban J connectivity index is 1.67. The maximum absolute atomic E-state index is 13.3. The highest BCUT2D eigenvalue weighted by molar-refractivity contribution is 5.82. The lowest BCUT2D eigenvalue weighted by Crippen LogP contribution is -2.42. The molecule has 1 heterocycles. The molecule has 35 heavy (non-hydrogen) atoms. The monoisotopic (exact) mass is 480 g/mol. The van der Waals surface area contributed by atoms with E-state index in [-0.39, 0.29) is 30.7 Å². The molecule has 0 bridgehead atoms. The van der Waals surface area contributed by atoms with Gasteiger partial charge >= 0.3 is 5.97 Å². The summed E-state index contributed by atoms with van der Waals surface area (Å²) < 4.78 is 10.7. The molecule has 0 spiro atoms. The Morgan fingerprint density at radius 3 is 2.06 bits per heavy atom. The fourth-order valence-corrected chi connectivity index (χ4v) is 4.35. The molecule has 2 atom stereocenters. The summed E-state index contributed by atoms with van der Waals surface area (Å²) in [5.41, 5.74) is 2.06. The number of amides is 2. The van der Waals surface area contributed by atoms with Crippen LogP contribution < -0.4 is 5.32 Å². The second kappa shape index (κ2) is 14.3. The first-order chi connectivity index (χ1) is 17.1. The van der Waals surface area contributed by atoms with Crippen molar-refractivity contribution in [3.8, 4) is 0 Å². The molecule has 1 fully saturated rings. The van der Waals surface area contributed by atoms with Gasteiger partial charge in [-0.15, -0.1) is 0 Å². The molecule has 0 aromatic heterocycles. The summed E-state index contributed by atoms with van der Waals surface area (Å²) in [7, 11) is 0. The standard InChI is InChI=1S/C28H36N2O5/c1-2-35-28(33)25(20-23-11-7-4-8-12-23)21-24(19-22-9-5-3-6-10-22)27(32)29-14-13-26(31)30-15-17-34-18-16-30/h3-12,24-25H,2,13-21H2,1H3,(H,29,32)/t24?,25-/m0/s1. The van der Waals surface area contributed by atoms with Crippen molar-refractivity contribution in [2.24, 2.45) is 11.8 Å². The van der Waals surface area contributed by atoms with E-state index in [0.29, 0.717) is 52.2 Å². The highest BCUT2D eigenvalue weighted by Gasteiger charge is 2.29. The number of carbonyl (C=O) groups excluding carboxylic acids is 3. The van der Waals surface area contributed by atoms with E-state index in [4.69, 9.17) is 9.47 Å². The molecule has 7 heteroatoms. The quantitative estimate of drug-likeness (QED) is 0.472. The molecule has 2 aromatic rings. The maximum Gasteiger partial charge on any atom is 0.309 e.